The summed E-state index contributed by atoms with van der Waals surface area (Å²) in [6.07, 6.45) is -6.71. The monoisotopic (exact) mass is 452 g/mol. The minimum absolute atomic E-state index is 0.131. The molecule has 0 fully saturated rings. The number of rotatable bonds is 6. The van der Waals surface area contributed by atoms with Gasteiger partial charge in [0.15, 0.2) is 0 Å². The lowest BCUT2D eigenvalue weighted by Crippen LogP contribution is -2.57. The molecule has 1 rings (SSSR count). The molecule has 0 spiro atoms. The number of carbonyl (C=O) groups is 3. The summed E-state index contributed by atoms with van der Waals surface area (Å²) in [5.41, 5.74) is -0.741. The number of carbonyl (C=O) groups excluding carboxylic acids is 3. The molecule has 0 bridgehead atoms. The summed E-state index contributed by atoms with van der Waals surface area (Å²) in [7, 11) is 2.61. The molecule has 1 aromatic heterocycles. The standard InChI is InChI=1S/C15H15F7N2O4S/c1-5-28-11(26)7-6(2)8(10(25)24(3)4)29-9(7)23-12(27)13(16,17)14(18,19)15(20,21)22/h5H2,1-4H3,(H,23,27). The second-order valence-corrected chi connectivity index (χ2v) is 6.80. The third kappa shape index (κ3) is 4.46. The molecule has 0 unspecified atom stereocenters. The quantitative estimate of drug-likeness (QED) is 0.528. The summed E-state index contributed by atoms with van der Waals surface area (Å²) >= 11 is 0.256. The van der Waals surface area contributed by atoms with Crippen molar-refractivity contribution in [2.24, 2.45) is 0 Å². The van der Waals surface area contributed by atoms with Crippen LogP contribution in [0.5, 0.6) is 0 Å². The highest BCUT2D eigenvalue weighted by Crippen LogP contribution is 2.47. The molecule has 1 heterocycles. The molecule has 0 aliphatic rings. The number of nitrogens with one attached hydrogen (secondary N) is 1. The molecule has 29 heavy (non-hydrogen) atoms. The van der Waals surface area contributed by atoms with Crippen LogP contribution >= 0.6 is 11.3 Å². The van der Waals surface area contributed by atoms with Crippen LogP contribution in [-0.4, -0.2) is 61.4 Å². The van der Waals surface area contributed by atoms with Crippen molar-refractivity contribution in [1.82, 2.24) is 4.90 Å². The number of alkyl halides is 7. The Bertz CT molecular complexity index is 818. The van der Waals surface area contributed by atoms with Gasteiger partial charge in [-0.1, -0.05) is 0 Å². The first-order valence-electron chi connectivity index (χ1n) is 7.66. The first kappa shape index (κ1) is 24.7. The second-order valence-electron chi connectivity index (χ2n) is 5.78. The van der Waals surface area contributed by atoms with Crippen LogP contribution in [0.3, 0.4) is 0 Å². The summed E-state index contributed by atoms with van der Waals surface area (Å²) in [5.74, 6) is -17.8. The molecule has 2 amide bonds. The van der Waals surface area contributed by atoms with Crippen LogP contribution in [0.1, 0.15) is 32.5 Å². The van der Waals surface area contributed by atoms with Gasteiger partial charge in [-0.2, -0.15) is 30.7 Å². The molecule has 0 radical (unpaired) electrons. The van der Waals surface area contributed by atoms with Gasteiger partial charge in [-0.3, -0.25) is 9.59 Å². The van der Waals surface area contributed by atoms with Gasteiger partial charge in [0, 0.05) is 14.1 Å². The predicted molar refractivity (Wildman–Crippen MR) is 87.6 cm³/mol. The van der Waals surface area contributed by atoms with Crippen molar-refractivity contribution in [2.45, 2.75) is 31.9 Å². The van der Waals surface area contributed by atoms with Crippen molar-refractivity contribution in [3.05, 3.63) is 16.0 Å². The highest BCUT2D eigenvalue weighted by atomic mass is 32.1. The van der Waals surface area contributed by atoms with Gasteiger partial charge in [0.2, 0.25) is 0 Å². The van der Waals surface area contributed by atoms with Crippen LogP contribution in [0.15, 0.2) is 0 Å². The molecule has 0 saturated heterocycles. The maximum absolute atomic E-state index is 13.6. The number of nitrogens with zero attached hydrogens (tertiary/aromatic N) is 1. The normalized spacial score (nSPS) is 12.5. The van der Waals surface area contributed by atoms with Crippen molar-refractivity contribution < 1.29 is 49.9 Å². The van der Waals surface area contributed by atoms with E-state index in [1.165, 1.54) is 33.3 Å². The fourth-order valence-electron chi connectivity index (χ4n) is 1.96. The molecule has 0 aliphatic heterocycles. The Kier molecular flexibility index (Phi) is 6.94. The minimum atomic E-state index is -6.71. The van der Waals surface area contributed by atoms with Crippen LogP contribution < -0.4 is 5.32 Å². The van der Waals surface area contributed by atoms with Crippen LogP contribution in [-0.2, 0) is 9.53 Å². The summed E-state index contributed by atoms with van der Waals surface area (Å²) < 4.78 is 94.8. The molecular weight excluding hydrogens is 437 g/mol. The van der Waals surface area contributed by atoms with E-state index in [9.17, 15) is 45.1 Å². The highest BCUT2D eigenvalue weighted by molar-refractivity contribution is 7.18. The Morgan fingerprint density at radius 3 is 2.00 bits per heavy atom. The van der Waals surface area contributed by atoms with Gasteiger partial charge in [0.25, 0.3) is 5.91 Å². The molecule has 14 heteroatoms. The maximum atomic E-state index is 13.6. The number of anilines is 1. The Labute approximate surface area is 163 Å². The molecule has 0 aliphatic carbocycles. The Morgan fingerprint density at radius 2 is 1.59 bits per heavy atom. The van der Waals surface area contributed by atoms with Gasteiger partial charge in [-0.05, 0) is 19.4 Å². The fraction of sp³-hybridized carbons (Fsp3) is 0.533. The lowest BCUT2D eigenvalue weighted by atomic mass is 10.1. The summed E-state index contributed by atoms with van der Waals surface area (Å²) in [6, 6.07) is 0. The minimum Gasteiger partial charge on any atom is -0.462 e. The lowest BCUT2D eigenvalue weighted by molar-refractivity contribution is -0.343. The average Bonchev–Trinajstić information content (AvgIpc) is 2.89. The zero-order valence-corrected chi connectivity index (χ0v) is 16.2. The van der Waals surface area contributed by atoms with E-state index in [1.54, 1.807) is 0 Å². The average molecular weight is 452 g/mol. The van der Waals surface area contributed by atoms with Gasteiger partial charge in [-0.15, -0.1) is 11.3 Å². The number of ether oxygens (including phenoxy) is 1. The first-order valence-corrected chi connectivity index (χ1v) is 8.48. The molecule has 0 aromatic carbocycles. The van der Waals surface area contributed by atoms with Gasteiger partial charge < -0.3 is 15.0 Å². The smallest absolute Gasteiger partial charge is 0.460 e. The summed E-state index contributed by atoms with van der Waals surface area (Å²) in [5, 5.41) is 0.376. The van der Waals surface area contributed by atoms with Crippen LogP contribution in [0.25, 0.3) is 0 Å². The van der Waals surface area contributed by atoms with Crippen LogP contribution in [0.2, 0.25) is 0 Å². The Hall–Kier alpha value is -2.38. The lowest BCUT2D eigenvalue weighted by Gasteiger charge is -2.26. The third-order valence-electron chi connectivity index (χ3n) is 3.49. The third-order valence-corrected chi connectivity index (χ3v) is 4.68. The highest BCUT2D eigenvalue weighted by Gasteiger charge is 2.76. The van der Waals surface area contributed by atoms with Crippen molar-refractivity contribution in [3.63, 3.8) is 0 Å². The molecule has 164 valence electrons. The number of hydrogen-bond acceptors (Lipinski definition) is 5. The van der Waals surface area contributed by atoms with Crippen molar-refractivity contribution in [2.75, 3.05) is 26.0 Å². The van der Waals surface area contributed by atoms with Crippen molar-refractivity contribution in [1.29, 1.82) is 0 Å². The first-order chi connectivity index (χ1) is 13.0. The SMILES string of the molecule is CCOC(=O)c1c(NC(=O)C(F)(F)C(F)(F)C(F)(F)F)sc(C(=O)N(C)C)c1C. The molecule has 6 nitrogen and oxygen atoms in total. The molecule has 1 aromatic rings. The number of halogens is 7. The van der Waals surface area contributed by atoms with E-state index in [1.807, 2.05) is 0 Å². The predicted octanol–water partition coefficient (Wildman–Crippen LogP) is 3.71. The van der Waals surface area contributed by atoms with E-state index in [-0.39, 0.29) is 28.4 Å². The van der Waals surface area contributed by atoms with Crippen LogP contribution in [0.4, 0.5) is 35.7 Å². The van der Waals surface area contributed by atoms with Gasteiger partial charge in [0.05, 0.1) is 17.0 Å². The largest absolute Gasteiger partial charge is 0.462 e. The number of hydrogen-bond donors (Lipinski definition) is 1. The fourth-order valence-corrected chi connectivity index (χ4v) is 3.17. The van der Waals surface area contributed by atoms with E-state index in [2.05, 4.69) is 4.74 Å². The van der Waals surface area contributed by atoms with Crippen molar-refractivity contribution in [3.8, 4) is 0 Å². The van der Waals surface area contributed by atoms with E-state index in [4.69, 9.17) is 0 Å². The Balaban J connectivity index is 3.47. The summed E-state index contributed by atoms with van der Waals surface area (Å²) in [4.78, 5) is 36.6. The molecular formula is C15H15F7N2O4S. The second kappa shape index (κ2) is 8.16. The molecule has 1 N–H and O–H groups in total. The van der Waals surface area contributed by atoms with Gasteiger partial charge in [-0.25, -0.2) is 4.79 Å². The number of amides is 2. The topological polar surface area (TPSA) is 75.7 Å². The van der Waals surface area contributed by atoms with Gasteiger partial charge in [0.1, 0.15) is 5.00 Å². The maximum Gasteiger partial charge on any atom is 0.460 e. The van der Waals surface area contributed by atoms with Gasteiger partial charge >= 0.3 is 29.9 Å². The zero-order valence-electron chi connectivity index (χ0n) is 15.3. The number of thiophene rings is 1. The molecule has 0 saturated carbocycles. The number of esters is 1. The van der Waals surface area contributed by atoms with E-state index < -0.39 is 46.4 Å². The summed E-state index contributed by atoms with van der Waals surface area (Å²) in [6.45, 7) is 2.36. The zero-order chi connectivity index (χ0) is 22.9. The molecule has 0 atom stereocenters. The Morgan fingerprint density at radius 1 is 1.07 bits per heavy atom. The van der Waals surface area contributed by atoms with E-state index in [0.717, 1.165) is 4.90 Å². The van der Waals surface area contributed by atoms with Crippen molar-refractivity contribution >= 4 is 34.1 Å². The van der Waals surface area contributed by atoms with Crippen LogP contribution in [0, 0.1) is 6.92 Å². The van der Waals surface area contributed by atoms with E-state index in [0.29, 0.717) is 0 Å². The van der Waals surface area contributed by atoms with E-state index >= 15 is 0 Å².